The zero-order chi connectivity index (χ0) is 11.4. The quantitative estimate of drug-likeness (QED) is 0.826. The first-order valence-electron chi connectivity index (χ1n) is 4.82. The Labute approximate surface area is 93.6 Å². The molecule has 4 nitrogen and oxygen atoms in total. The first kappa shape index (κ1) is 10.1. The van der Waals surface area contributed by atoms with Crippen molar-refractivity contribution in [1.29, 1.82) is 5.26 Å². The average Bonchev–Trinajstić information content (AvgIpc) is 2.31. The predicted octanol–water partition coefficient (Wildman–Crippen LogP) is 2.40. The molecule has 0 saturated carbocycles. The van der Waals surface area contributed by atoms with Gasteiger partial charge in [0.15, 0.2) is 0 Å². The van der Waals surface area contributed by atoms with E-state index in [1.54, 1.807) is 18.5 Å². The summed E-state index contributed by atoms with van der Waals surface area (Å²) in [5, 5.41) is 12.1. The summed E-state index contributed by atoms with van der Waals surface area (Å²) in [7, 11) is 0. The van der Waals surface area contributed by atoms with Crippen LogP contribution in [0.15, 0.2) is 36.9 Å². The van der Waals surface area contributed by atoms with Gasteiger partial charge in [-0.25, -0.2) is 9.97 Å². The van der Waals surface area contributed by atoms with Gasteiger partial charge in [0.1, 0.15) is 12.4 Å². The fraction of sp³-hybridized carbons (Fsp3) is 0.0833. The highest BCUT2D eigenvalue weighted by atomic mass is 14.9. The van der Waals surface area contributed by atoms with Crippen LogP contribution in [0, 0.1) is 18.3 Å². The minimum Gasteiger partial charge on any atom is -0.352 e. The lowest BCUT2D eigenvalue weighted by molar-refractivity contribution is 1.17. The Kier molecular flexibility index (Phi) is 2.79. The van der Waals surface area contributed by atoms with E-state index in [1.165, 1.54) is 6.33 Å². The van der Waals surface area contributed by atoms with Gasteiger partial charge in [-0.2, -0.15) is 5.26 Å². The van der Waals surface area contributed by atoms with E-state index in [9.17, 15) is 0 Å². The fourth-order valence-corrected chi connectivity index (χ4v) is 1.38. The molecular weight excluding hydrogens is 200 g/mol. The van der Waals surface area contributed by atoms with E-state index in [1.807, 2.05) is 19.1 Å². The van der Waals surface area contributed by atoms with Crippen LogP contribution >= 0.6 is 0 Å². The van der Waals surface area contributed by atoms with Crippen molar-refractivity contribution in [3.05, 3.63) is 48.0 Å². The zero-order valence-electron chi connectivity index (χ0n) is 8.81. The van der Waals surface area contributed by atoms with E-state index < -0.39 is 0 Å². The number of anilines is 2. The van der Waals surface area contributed by atoms with Crippen LogP contribution in [-0.4, -0.2) is 9.97 Å². The van der Waals surface area contributed by atoms with Crippen LogP contribution in [0.3, 0.4) is 0 Å². The molecule has 0 radical (unpaired) electrons. The van der Waals surface area contributed by atoms with Gasteiger partial charge in [0.2, 0.25) is 0 Å². The zero-order valence-corrected chi connectivity index (χ0v) is 8.81. The largest absolute Gasteiger partial charge is 0.352 e. The van der Waals surface area contributed by atoms with E-state index in [-0.39, 0.29) is 0 Å². The van der Waals surface area contributed by atoms with Crippen LogP contribution in [0.1, 0.15) is 11.1 Å². The van der Waals surface area contributed by atoms with E-state index in [0.717, 1.165) is 16.9 Å². The number of hydrogen-bond donors (Lipinski definition) is 1. The van der Waals surface area contributed by atoms with Crippen molar-refractivity contribution in [2.45, 2.75) is 6.92 Å². The van der Waals surface area contributed by atoms with Crippen LogP contribution in [0.2, 0.25) is 0 Å². The summed E-state index contributed by atoms with van der Waals surface area (Å²) in [5.41, 5.74) is 3.25. The van der Waals surface area contributed by atoms with Crippen LogP contribution in [0.25, 0.3) is 0 Å². The van der Waals surface area contributed by atoms with Crippen LogP contribution in [-0.2, 0) is 0 Å². The third-order valence-corrected chi connectivity index (χ3v) is 2.14. The second-order valence-electron chi connectivity index (χ2n) is 3.41. The molecule has 0 aliphatic carbocycles. The molecule has 0 aliphatic heterocycles. The molecule has 16 heavy (non-hydrogen) atoms. The average molecular weight is 210 g/mol. The van der Waals surface area contributed by atoms with Crippen LogP contribution in [0.4, 0.5) is 11.4 Å². The summed E-state index contributed by atoms with van der Waals surface area (Å²) in [5.74, 6) is 0. The minimum atomic E-state index is 0.606. The molecule has 4 heteroatoms. The Bertz CT molecular complexity index is 528. The monoisotopic (exact) mass is 210 g/mol. The maximum Gasteiger partial charge on any atom is 0.115 e. The van der Waals surface area contributed by atoms with Crippen molar-refractivity contribution in [2.24, 2.45) is 0 Å². The standard InChI is InChI=1S/C12H10N4/c1-9-2-3-10(5-13)12(4-9)16-11-6-14-8-15-7-11/h2-4,6-8,16H,1H3. The minimum absolute atomic E-state index is 0.606. The molecule has 1 aromatic heterocycles. The molecule has 0 fully saturated rings. The molecule has 1 heterocycles. The summed E-state index contributed by atoms with van der Waals surface area (Å²) < 4.78 is 0. The molecule has 1 aromatic carbocycles. The van der Waals surface area contributed by atoms with Gasteiger partial charge in [0.25, 0.3) is 0 Å². The number of nitrogens with one attached hydrogen (secondary N) is 1. The van der Waals surface area contributed by atoms with Gasteiger partial charge < -0.3 is 5.32 Å². The van der Waals surface area contributed by atoms with Gasteiger partial charge >= 0.3 is 0 Å². The summed E-state index contributed by atoms with van der Waals surface area (Å²) in [6, 6.07) is 7.76. The normalized spacial score (nSPS) is 9.50. The topological polar surface area (TPSA) is 61.6 Å². The number of nitriles is 1. The molecule has 0 spiro atoms. The Morgan fingerprint density at radius 2 is 2.00 bits per heavy atom. The summed E-state index contributed by atoms with van der Waals surface area (Å²) in [6.45, 7) is 1.98. The number of hydrogen-bond acceptors (Lipinski definition) is 4. The highest BCUT2D eigenvalue weighted by Gasteiger charge is 2.02. The highest BCUT2D eigenvalue weighted by molar-refractivity contribution is 5.66. The van der Waals surface area contributed by atoms with Crippen molar-refractivity contribution in [2.75, 3.05) is 5.32 Å². The molecule has 0 unspecified atom stereocenters. The van der Waals surface area contributed by atoms with Gasteiger partial charge in [-0.3, -0.25) is 0 Å². The lowest BCUT2D eigenvalue weighted by Crippen LogP contribution is -1.95. The second kappa shape index (κ2) is 4.41. The molecule has 1 N–H and O–H groups in total. The van der Waals surface area contributed by atoms with Crippen molar-refractivity contribution >= 4 is 11.4 Å². The van der Waals surface area contributed by atoms with Gasteiger partial charge in [0, 0.05) is 0 Å². The Balaban J connectivity index is 2.35. The fourth-order valence-electron chi connectivity index (χ4n) is 1.38. The van der Waals surface area contributed by atoms with Gasteiger partial charge in [-0.05, 0) is 24.6 Å². The molecular formula is C12H10N4. The smallest absolute Gasteiger partial charge is 0.115 e. The van der Waals surface area contributed by atoms with Gasteiger partial charge in [-0.1, -0.05) is 6.07 Å². The maximum atomic E-state index is 8.97. The Morgan fingerprint density at radius 1 is 1.25 bits per heavy atom. The van der Waals surface area contributed by atoms with Crippen LogP contribution in [0.5, 0.6) is 0 Å². The molecule has 2 aromatic rings. The number of aromatic nitrogens is 2. The molecule has 78 valence electrons. The van der Waals surface area contributed by atoms with Crippen molar-refractivity contribution < 1.29 is 0 Å². The van der Waals surface area contributed by atoms with Crippen molar-refractivity contribution in [1.82, 2.24) is 9.97 Å². The van der Waals surface area contributed by atoms with Crippen molar-refractivity contribution in [3.8, 4) is 6.07 Å². The van der Waals surface area contributed by atoms with E-state index in [0.29, 0.717) is 5.56 Å². The molecule has 2 rings (SSSR count). The Morgan fingerprint density at radius 3 is 2.69 bits per heavy atom. The van der Waals surface area contributed by atoms with Gasteiger partial charge in [-0.15, -0.1) is 0 Å². The van der Waals surface area contributed by atoms with Gasteiger partial charge in [0.05, 0.1) is 29.3 Å². The molecule has 0 amide bonds. The van der Waals surface area contributed by atoms with Crippen molar-refractivity contribution in [3.63, 3.8) is 0 Å². The predicted molar refractivity (Wildman–Crippen MR) is 61.2 cm³/mol. The molecule has 0 saturated heterocycles. The van der Waals surface area contributed by atoms with E-state index in [4.69, 9.17) is 5.26 Å². The van der Waals surface area contributed by atoms with E-state index >= 15 is 0 Å². The second-order valence-corrected chi connectivity index (χ2v) is 3.41. The number of aryl methyl sites for hydroxylation is 1. The third kappa shape index (κ3) is 2.15. The maximum absolute atomic E-state index is 8.97. The molecule has 0 bridgehead atoms. The van der Waals surface area contributed by atoms with E-state index in [2.05, 4.69) is 21.4 Å². The lowest BCUT2D eigenvalue weighted by Gasteiger charge is -2.07. The molecule has 0 aliphatic rings. The highest BCUT2D eigenvalue weighted by Crippen LogP contribution is 2.20. The Hall–Kier alpha value is -2.41. The summed E-state index contributed by atoms with van der Waals surface area (Å²) >= 11 is 0. The number of rotatable bonds is 2. The summed E-state index contributed by atoms with van der Waals surface area (Å²) in [4.78, 5) is 7.80. The summed E-state index contributed by atoms with van der Waals surface area (Å²) in [6.07, 6.45) is 4.79. The lowest BCUT2D eigenvalue weighted by atomic mass is 10.1. The first-order valence-corrected chi connectivity index (χ1v) is 4.82. The SMILES string of the molecule is Cc1ccc(C#N)c(Nc2cncnc2)c1. The number of benzene rings is 1. The first-order chi connectivity index (χ1) is 7.79. The number of nitrogens with zero attached hydrogens (tertiary/aromatic N) is 3. The molecule has 0 atom stereocenters. The van der Waals surface area contributed by atoms with Crippen LogP contribution < -0.4 is 5.32 Å². The third-order valence-electron chi connectivity index (χ3n) is 2.14.